The zero-order chi connectivity index (χ0) is 13.8. The number of pyridine rings is 1. The lowest BCUT2D eigenvalue weighted by molar-refractivity contribution is 0.307. The van der Waals surface area contributed by atoms with Gasteiger partial charge in [0.1, 0.15) is 12.4 Å². The molecule has 2 aromatic carbocycles. The van der Waals surface area contributed by atoms with Gasteiger partial charge in [0.15, 0.2) is 0 Å². The molecule has 0 saturated heterocycles. The molecule has 0 bridgehead atoms. The first-order valence-electron chi connectivity index (χ1n) is 6.46. The van der Waals surface area contributed by atoms with Gasteiger partial charge in [0, 0.05) is 22.0 Å². The van der Waals surface area contributed by atoms with E-state index < -0.39 is 0 Å². The maximum Gasteiger partial charge on any atom is 0.119 e. The molecular formula is C17H15NOS. The number of hydrogen-bond donors (Lipinski definition) is 0. The van der Waals surface area contributed by atoms with Crippen LogP contribution in [-0.2, 0) is 6.61 Å². The van der Waals surface area contributed by atoms with Crippen molar-refractivity contribution in [2.24, 2.45) is 0 Å². The second-order valence-electron chi connectivity index (χ2n) is 4.46. The lowest BCUT2D eigenvalue weighted by Gasteiger charge is -2.08. The van der Waals surface area contributed by atoms with Crippen molar-refractivity contribution in [3.63, 3.8) is 0 Å². The third-order valence-corrected chi connectivity index (χ3v) is 3.91. The fourth-order valence-electron chi connectivity index (χ4n) is 2.12. The van der Waals surface area contributed by atoms with Crippen LogP contribution in [0.25, 0.3) is 10.9 Å². The number of hydrogen-bond acceptors (Lipinski definition) is 3. The third kappa shape index (κ3) is 2.78. The van der Waals surface area contributed by atoms with E-state index in [4.69, 9.17) is 4.74 Å². The molecule has 0 unspecified atom stereocenters. The molecule has 3 heteroatoms. The maximum absolute atomic E-state index is 5.85. The van der Waals surface area contributed by atoms with Gasteiger partial charge in [-0.3, -0.25) is 4.98 Å². The topological polar surface area (TPSA) is 22.1 Å². The summed E-state index contributed by atoms with van der Waals surface area (Å²) >= 11 is 1.73. The van der Waals surface area contributed by atoms with Gasteiger partial charge in [-0.15, -0.1) is 11.8 Å². The molecule has 0 amide bonds. The standard InChI is InChI=1S/C17H15NOS/c1-20-16-9-7-15(8-10-16)19-12-14-5-2-4-13-6-3-11-18-17(13)14/h2-11H,12H2,1H3. The van der Waals surface area contributed by atoms with Crippen molar-refractivity contribution >= 4 is 22.7 Å². The molecular weight excluding hydrogens is 266 g/mol. The van der Waals surface area contributed by atoms with Gasteiger partial charge < -0.3 is 4.74 Å². The van der Waals surface area contributed by atoms with E-state index in [0.717, 1.165) is 22.2 Å². The zero-order valence-corrected chi connectivity index (χ0v) is 12.1. The quantitative estimate of drug-likeness (QED) is 0.656. The van der Waals surface area contributed by atoms with Gasteiger partial charge in [-0.25, -0.2) is 0 Å². The van der Waals surface area contributed by atoms with Crippen molar-refractivity contribution < 1.29 is 4.74 Å². The second kappa shape index (κ2) is 5.97. The highest BCUT2D eigenvalue weighted by molar-refractivity contribution is 7.98. The molecule has 1 heterocycles. The molecule has 1 aromatic heterocycles. The Bertz CT molecular complexity index is 704. The fourth-order valence-corrected chi connectivity index (χ4v) is 2.53. The number of fused-ring (bicyclic) bond motifs is 1. The zero-order valence-electron chi connectivity index (χ0n) is 11.2. The number of rotatable bonds is 4. The van der Waals surface area contributed by atoms with Crippen LogP contribution in [0.4, 0.5) is 0 Å². The molecule has 0 aliphatic rings. The van der Waals surface area contributed by atoms with E-state index in [0.29, 0.717) is 6.61 Å². The van der Waals surface area contributed by atoms with Gasteiger partial charge in [-0.1, -0.05) is 24.3 Å². The van der Waals surface area contributed by atoms with E-state index >= 15 is 0 Å². The first kappa shape index (κ1) is 13.0. The summed E-state index contributed by atoms with van der Waals surface area (Å²) < 4.78 is 5.85. The van der Waals surface area contributed by atoms with Crippen LogP contribution in [0.5, 0.6) is 5.75 Å². The minimum atomic E-state index is 0.535. The average molecular weight is 281 g/mol. The lowest BCUT2D eigenvalue weighted by atomic mass is 10.1. The maximum atomic E-state index is 5.85. The fraction of sp³-hybridized carbons (Fsp3) is 0.118. The highest BCUT2D eigenvalue weighted by Crippen LogP contribution is 2.21. The number of ether oxygens (including phenoxy) is 1. The van der Waals surface area contributed by atoms with E-state index in [1.165, 1.54) is 4.90 Å². The van der Waals surface area contributed by atoms with E-state index in [1.807, 2.05) is 30.5 Å². The normalized spacial score (nSPS) is 10.7. The van der Waals surface area contributed by atoms with Gasteiger partial charge >= 0.3 is 0 Å². The summed E-state index contributed by atoms with van der Waals surface area (Å²) in [5.74, 6) is 0.885. The van der Waals surface area contributed by atoms with Crippen LogP contribution >= 0.6 is 11.8 Å². The minimum Gasteiger partial charge on any atom is -0.489 e. The summed E-state index contributed by atoms with van der Waals surface area (Å²) in [5, 5.41) is 1.14. The lowest BCUT2D eigenvalue weighted by Crippen LogP contribution is -1.97. The summed E-state index contributed by atoms with van der Waals surface area (Å²) in [6.45, 7) is 0.535. The summed E-state index contributed by atoms with van der Waals surface area (Å²) in [6.07, 6.45) is 3.89. The summed E-state index contributed by atoms with van der Waals surface area (Å²) in [7, 11) is 0. The molecule has 0 atom stereocenters. The van der Waals surface area contributed by atoms with Crippen LogP contribution in [0.1, 0.15) is 5.56 Å². The predicted molar refractivity (Wildman–Crippen MR) is 84.3 cm³/mol. The predicted octanol–water partition coefficient (Wildman–Crippen LogP) is 4.54. The smallest absolute Gasteiger partial charge is 0.119 e. The van der Waals surface area contributed by atoms with Crippen molar-refractivity contribution in [3.05, 3.63) is 66.4 Å². The number of aromatic nitrogens is 1. The van der Waals surface area contributed by atoms with Gasteiger partial charge in [0.05, 0.1) is 5.52 Å². The van der Waals surface area contributed by atoms with Gasteiger partial charge in [-0.05, 0) is 36.6 Å². The Hall–Kier alpha value is -2.00. The number of thioether (sulfide) groups is 1. The summed E-state index contributed by atoms with van der Waals surface area (Å²) in [5.41, 5.74) is 2.12. The molecule has 20 heavy (non-hydrogen) atoms. The van der Waals surface area contributed by atoms with Crippen molar-refractivity contribution in [3.8, 4) is 5.75 Å². The molecule has 3 rings (SSSR count). The molecule has 0 radical (unpaired) electrons. The first-order valence-corrected chi connectivity index (χ1v) is 7.69. The largest absolute Gasteiger partial charge is 0.489 e. The molecule has 0 fully saturated rings. The Kier molecular flexibility index (Phi) is 3.88. The molecule has 0 spiro atoms. The number of benzene rings is 2. The van der Waals surface area contributed by atoms with Crippen LogP contribution in [0, 0.1) is 0 Å². The minimum absolute atomic E-state index is 0.535. The van der Waals surface area contributed by atoms with Crippen LogP contribution in [0.3, 0.4) is 0 Å². The Morgan fingerprint density at radius 3 is 2.60 bits per heavy atom. The van der Waals surface area contributed by atoms with Gasteiger partial charge in [0.25, 0.3) is 0 Å². The Balaban J connectivity index is 1.79. The van der Waals surface area contributed by atoms with Crippen LogP contribution < -0.4 is 4.74 Å². The summed E-state index contributed by atoms with van der Waals surface area (Å²) in [6, 6.07) is 18.3. The third-order valence-electron chi connectivity index (χ3n) is 3.17. The Morgan fingerprint density at radius 1 is 1.00 bits per heavy atom. The molecule has 2 nitrogen and oxygen atoms in total. The Labute approximate surface area is 122 Å². The monoisotopic (exact) mass is 281 g/mol. The second-order valence-corrected chi connectivity index (χ2v) is 5.34. The van der Waals surface area contributed by atoms with Crippen LogP contribution in [-0.4, -0.2) is 11.2 Å². The van der Waals surface area contributed by atoms with Crippen molar-refractivity contribution in [1.82, 2.24) is 4.98 Å². The highest BCUT2D eigenvalue weighted by Gasteiger charge is 2.02. The SMILES string of the molecule is CSc1ccc(OCc2cccc3cccnc23)cc1. The molecule has 3 aromatic rings. The molecule has 100 valence electrons. The van der Waals surface area contributed by atoms with Crippen LogP contribution in [0.15, 0.2) is 65.7 Å². The van der Waals surface area contributed by atoms with E-state index in [2.05, 4.69) is 41.6 Å². The van der Waals surface area contributed by atoms with Gasteiger partial charge in [0.2, 0.25) is 0 Å². The Morgan fingerprint density at radius 2 is 1.80 bits per heavy atom. The first-order chi connectivity index (χ1) is 9.86. The molecule has 0 N–H and O–H groups in total. The molecule has 0 aliphatic heterocycles. The number of nitrogens with zero attached hydrogens (tertiary/aromatic N) is 1. The molecule has 0 saturated carbocycles. The van der Waals surface area contributed by atoms with Crippen molar-refractivity contribution in [2.75, 3.05) is 6.26 Å². The van der Waals surface area contributed by atoms with E-state index in [9.17, 15) is 0 Å². The van der Waals surface area contributed by atoms with Crippen molar-refractivity contribution in [2.45, 2.75) is 11.5 Å². The van der Waals surface area contributed by atoms with E-state index in [-0.39, 0.29) is 0 Å². The van der Waals surface area contributed by atoms with Crippen molar-refractivity contribution in [1.29, 1.82) is 0 Å². The highest BCUT2D eigenvalue weighted by atomic mass is 32.2. The van der Waals surface area contributed by atoms with E-state index in [1.54, 1.807) is 11.8 Å². The number of para-hydroxylation sites is 1. The summed E-state index contributed by atoms with van der Waals surface area (Å²) in [4.78, 5) is 5.68. The average Bonchev–Trinajstić information content (AvgIpc) is 2.53. The van der Waals surface area contributed by atoms with Gasteiger partial charge in [-0.2, -0.15) is 0 Å². The molecule has 0 aliphatic carbocycles. The van der Waals surface area contributed by atoms with Crippen LogP contribution in [0.2, 0.25) is 0 Å².